The molecule has 0 aliphatic carbocycles. The van der Waals surface area contributed by atoms with Crippen LogP contribution in [0.25, 0.3) is 0 Å². The van der Waals surface area contributed by atoms with Crippen LogP contribution < -0.4 is 4.90 Å². The number of hydrogen-bond donors (Lipinski definition) is 1. The van der Waals surface area contributed by atoms with Gasteiger partial charge in [0.25, 0.3) is 11.8 Å². The van der Waals surface area contributed by atoms with E-state index in [9.17, 15) is 24.3 Å². The lowest BCUT2D eigenvalue weighted by Crippen LogP contribution is -2.55. The van der Waals surface area contributed by atoms with E-state index in [4.69, 9.17) is 9.47 Å². The average molecular weight is 404 g/mol. The number of hydrogen-bond acceptors (Lipinski definition) is 6. The SMILES string of the molecule is CC(=O)O[C@@H](C(=O)O)[C@H]1OCCN(c2cccc(C(=O)N3CCCCC3)c2)C1=O. The largest absolute Gasteiger partial charge is 0.478 e. The fourth-order valence-electron chi connectivity index (χ4n) is 3.59. The zero-order chi connectivity index (χ0) is 21.0. The third-order valence-electron chi connectivity index (χ3n) is 4.98. The number of amides is 2. The summed E-state index contributed by atoms with van der Waals surface area (Å²) in [7, 11) is 0. The highest BCUT2D eigenvalue weighted by Gasteiger charge is 2.42. The summed E-state index contributed by atoms with van der Waals surface area (Å²) in [6.45, 7) is 2.76. The molecule has 2 amide bonds. The third-order valence-corrected chi connectivity index (χ3v) is 4.98. The zero-order valence-corrected chi connectivity index (χ0v) is 16.2. The van der Waals surface area contributed by atoms with E-state index in [1.54, 1.807) is 29.2 Å². The lowest BCUT2D eigenvalue weighted by atomic mass is 10.1. The molecule has 0 radical (unpaired) electrons. The van der Waals surface area contributed by atoms with Gasteiger partial charge in [-0.15, -0.1) is 0 Å². The van der Waals surface area contributed by atoms with Crippen LogP contribution in [0.4, 0.5) is 5.69 Å². The molecule has 9 nitrogen and oxygen atoms in total. The van der Waals surface area contributed by atoms with Crippen molar-refractivity contribution in [3.8, 4) is 0 Å². The molecule has 0 saturated carbocycles. The molecule has 0 unspecified atom stereocenters. The summed E-state index contributed by atoms with van der Waals surface area (Å²) in [5.74, 6) is -3.01. The molecule has 0 bridgehead atoms. The van der Waals surface area contributed by atoms with Gasteiger partial charge in [-0.05, 0) is 37.5 Å². The minimum absolute atomic E-state index is 0.0751. The predicted octanol–water partition coefficient (Wildman–Crippen LogP) is 1.06. The number of carboxylic acids is 1. The van der Waals surface area contributed by atoms with Gasteiger partial charge in [-0.25, -0.2) is 4.79 Å². The molecule has 9 heteroatoms. The van der Waals surface area contributed by atoms with Gasteiger partial charge in [0, 0.05) is 37.8 Å². The summed E-state index contributed by atoms with van der Waals surface area (Å²) in [4.78, 5) is 51.5. The van der Waals surface area contributed by atoms with Crippen LogP contribution in [0.15, 0.2) is 24.3 Å². The van der Waals surface area contributed by atoms with Gasteiger partial charge >= 0.3 is 11.9 Å². The highest BCUT2D eigenvalue weighted by Crippen LogP contribution is 2.24. The smallest absolute Gasteiger partial charge is 0.348 e. The minimum Gasteiger partial charge on any atom is -0.478 e. The van der Waals surface area contributed by atoms with E-state index in [-0.39, 0.29) is 19.1 Å². The van der Waals surface area contributed by atoms with E-state index < -0.39 is 30.1 Å². The number of anilines is 1. The molecule has 1 aromatic rings. The molecular formula is C20H24N2O7. The number of carboxylic acid groups (broad SMARTS) is 1. The Bertz CT molecular complexity index is 804. The first-order valence-electron chi connectivity index (χ1n) is 9.61. The second-order valence-electron chi connectivity index (χ2n) is 7.05. The summed E-state index contributed by atoms with van der Waals surface area (Å²) in [5, 5.41) is 9.33. The van der Waals surface area contributed by atoms with Crippen LogP contribution in [0.5, 0.6) is 0 Å². The van der Waals surface area contributed by atoms with Crippen molar-refractivity contribution in [1.82, 2.24) is 4.90 Å². The molecule has 3 rings (SSSR count). The van der Waals surface area contributed by atoms with Crippen LogP contribution in [0.2, 0.25) is 0 Å². The van der Waals surface area contributed by atoms with E-state index in [2.05, 4.69) is 0 Å². The van der Waals surface area contributed by atoms with Gasteiger partial charge in [-0.1, -0.05) is 6.07 Å². The minimum atomic E-state index is -1.74. The topological polar surface area (TPSA) is 113 Å². The van der Waals surface area contributed by atoms with Gasteiger partial charge in [0.15, 0.2) is 6.10 Å². The monoisotopic (exact) mass is 404 g/mol. The fraction of sp³-hybridized carbons (Fsp3) is 0.500. The van der Waals surface area contributed by atoms with Gasteiger partial charge < -0.3 is 24.4 Å². The van der Waals surface area contributed by atoms with Crippen LogP contribution in [-0.4, -0.2) is 72.2 Å². The van der Waals surface area contributed by atoms with Crippen molar-refractivity contribution in [3.05, 3.63) is 29.8 Å². The molecule has 2 heterocycles. The van der Waals surface area contributed by atoms with Crippen LogP contribution in [0.1, 0.15) is 36.5 Å². The maximum Gasteiger partial charge on any atom is 0.348 e. The molecule has 2 aliphatic heterocycles. The Morgan fingerprint density at radius 1 is 1.17 bits per heavy atom. The Balaban J connectivity index is 1.80. The second-order valence-corrected chi connectivity index (χ2v) is 7.05. The van der Waals surface area contributed by atoms with Gasteiger partial charge in [-0.3, -0.25) is 14.4 Å². The summed E-state index contributed by atoms with van der Waals surface area (Å²) in [6.07, 6.45) is -0.128. The number of carbonyl (C=O) groups excluding carboxylic acids is 3. The number of piperidine rings is 1. The number of carbonyl (C=O) groups is 4. The summed E-state index contributed by atoms with van der Waals surface area (Å²) < 4.78 is 10.1. The molecule has 2 atom stereocenters. The number of esters is 1. The summed E-state index contributed by atoms with van der Waals surface area (Å²) >= 11 is 0. The van der Waals surface area contributed by atoms with Crippen LogP contribution in [0, 0.1) is 0 Å². The number of aliphatic carboxylic acids is 1. The lowest BCUT2D eigenvalue weighted by Gasteiger charge is -2.34. The van der Waals surface area contributed by atoms with Crippen LogP contribution >= 0.6 is 0 Å². The highest BCUT2D eigenvalue weighted by atomic mass is 16.6. The second kappa shape index (κ2) is 9.04. The Morgan fingerprint density at radius 3 is 2.55 bits per heavy atom. The van der Waals surface area contributed by atoms with Crippen molar-refractivity contribution in [1.29, 1.82) is 0 Å². The molecule has 156 valence electrons. The first kappa shape index (κ1) is 20.8. The van der Waals surface area contributed by atoms with E-state index >= 15 is 0 Å². The maximum absolute atomic E-state index is 12.9. The van der Waals surface area contributed by atoms with Gasteiger partial charge in [0.2, 0.25) is 6.10 Å². The summed E-state index contributed by atoms with van der Waals surface area (Å²) in [5.41, 5.74) is 0.938. The highest BCUT2D eigenvalue weighted by molar-refractivity contribution is 6.02. The van der Waals surface area contributed by atoms with Crippen LogP contribution in [-0.2, 0) is 23.9 Å². The normalized spacial score (nSPS) is 20.9. The fourth-order valence-corrected chi connectivity index (χ4v) is 3.59. The Labute approximate surface area is 168 Å². The van der Waals surface area contributed by atoms with E-state index in [1.807, 2.05) is 0 Å². The first-order chi connectivity index (χ1) is 13.9. The van der Waals surface area contributed by atoms with Crippen molar-refractivity contribution in [2.75, 3.05) is 31.1 Å². The summed E-state index contributed by atoms with van der Waals surface area (Å²) in [6, 6.07) is 6.68. The number of rotatable bonds is 5. The molecule has 2 fully saturated rings. The maximum atomic E-state index is 12.9. The molecule has 0 aromatic heterocycles. The Hall–Kier alpha value is -2.94. The van der Waals surface area contributed by atoms with E-state index in [1.165, 1.54) is 4.90 Å². The number of likely N-dealkylation sites (tertiary alicyclic amines) is 1. The quantitative estimate of drug-likeness (QED) is 0.730. The molecule has 2 saturated heterocycles. The van der Waals surface area contributed by atoms with Crippen molar-refractivity contribution >= 4 is 29.4 Å². The van der Waals surface area contributed by atoms with Crippen molar-refractivity contribution in [3.63, 3.8) is 0 Å². The van der Waals surface area contributed by atoms with Crippen molar-refractivity contribution < 1.29 is 33.8 Å². The van der Waals surface area contributed by atoms with Gasteiger partial charge in [0.1, 0.15) is 0 Å². The van der Waals surface area contributed by atoms with Gasteiger partial charge in [0.05, 0.1) is 6.61 Å². The molecule has 1 aromatic carbocycles. The standard InChI is InChI=1S/C20H24N2O7/c1-13(23)29-17(20(26)27)16-19(25)22(10-11-28-16)15-7-5-6-14(12-15)18(24)21-8-3-2-4-9-21/h5-7,12,16-17H,2-4,8-11H2,1H3,(H,26,27)/t16-,17-/m1/s1. The predicted molar refractivity (Wildman–Crippen MR) is 101 cm³/mol. The number of morpholine rings is 1. The van der Waals surface area contributed by atoms with Crippen molar-refractivity contribution in [2.45, 2.75) is 38.4 Å². The molecular weight excluding hydrogens is 380 g/mol. The molecule has 0 spiro atoms. The van der Waals surface area contributed by atoms with E-state index in [0.29, 0.717) is 24.3 Å². The zero-order valence-electron chi connectivity index (χ0n) is 16.2. The van der Waals surface area contributed by atoms with Gasteiger partial charge in [-0.2, -0.15) is 0 Å². The molecule has 29 heavy (non-hydrogen) atoms. The number of benzene rings is 1. The van der Waals surface area contributed by atoms with Crippen LogP contribution in [0.3, 0.4) is 0 Å². The Kier molecular flexibility index (Phi) is 6.48. The molecule has 1 N–H and O–H groups in total. The average Bonchev–Trinajstić information content (AvgIpc) is 2.72. The molecule has 2 aliphatic rings. The van der Waals surface area contributed by atoms with Crippen molar-refractivity contribution in [2.24, 2.45) is 0 Å². The number of ether oxygens (including phenoxy) is 2. The first-order valence-corrected chi connectivity index (χ1v) is 9.61. The van der Waals surface area contributed by atoms with E-state index in [0.717, 1.165) is 26.2 Å². The lowest BCUT2D eigenvalue weighted by molar-refractivity contribution is -0.177. The number of nitrogens with zero attached hydrogens (tertiary/aromatic N) is 2. The third kappa shape index (κ3) is 4.73. The Morgan fingerprint density at radius 2 is 1.90 bits per heavy atom.